The zero-order chi connectivity index (χ0) is 39.0. The van der Waals surface area contributed by atoms with Crippen LogP contribution in [0.4, 0.5) is 4.79 Å². The number of carbonyl (C=O) groups is 5. The number of benzene rings is 1. The van der Waals surface area contributed by atoms with Gasteiger partial charge in [-0.2, -0.15) is 0 Å². The fraction of sp³-hybridized carbons (Fsp3) is 0.718. The minimum absolute atomic E-state index is 0.00241. The summed E-state index contributed by atoms with van der Waals surface area (Å²) in [6.45, 7) is 15.8. The van der Waals surface area contributed by atoms with Gasteiger partial charge in [0.1, 0.15) is 12.1 Å². The van der Waals surface area contributed by atoms with Gasteiger partial charge in [0.25, 0.3) is 5.91 Å². The van der Waals surface area contributed by atoms with Crippen molar-refractivity contribution in [3.8, 4) is 0 Å². The number of nitrogens with one attached hydrogen (secondary N) is 4. The van der Waals surface area contributed by atoms with E-state index in [4.69, 9.17) is 0 Å². The van der Waals surface area contributed by atoms with Gasteiger partial charge in [-0.3, -0.25) is 19.2 Å². The summed E-state index contributed by atoms with van der Waals surface area (Å²) in [7, 11) is -3.52. The molecule has 6 atom stereocenters. The maximum atomic E-state index is 14.9. The number of nitrogens with zero attached hydrogens (tertiary/aromatic N) is 2. The minimum atomic E-state index is -3.52. The molecule has 3 fully saturated rings. The molecule has 1 aromatic carbocycles. The van der Waals surface area contributed by atoms with E-state index in [9.17, 15) is 32.4 Å². The van der Waals surface area contributed by atoms with Crippen molar-refractivity contribution in [3.05, 3.63) is 35.4 Å². The number of urea groups is 1. The molecule has 1 aromatic rings. The molecule has 14 heteroatoms. The topological polar surface area (TPSA) is 174 Å². The highest BCUT2D eigenvalue weighted by Gasteiger charge is 2.70. The number of amides is 5. The number of piperidine rings is 1. The molecular weight excluding hydrogens is 697 g/mol. The van der Waals surface area contributed by atoms with E-state index >= 15 is 0 Å². The van der Waals surface area contributed by atoms with Gasteiger partial charge in [-0.25, -0.2) is 17.5 Å². The zero-order valence-electron chi connectivity index (χ0n) is 32.7. The van der Waals surface area contributed by atoms with Gasteiger partial charge in [0.15, 0.2) is 0 Å². The number of fused-ring (bicyclic) bond motifs is 2. The van der Waals surface area contributed by atoms with Gasteiger partial charge in [0, 0.05) is 31.7 Å². The van der Waals surface area contributed by atoms with Crippen molar-refractivity contribution in [3.63, 3.8) is 0 Å². The Labute approximate surface area is 315 Å². The third-order valence-corrected chi connectivity index (χ3v) is 14.0. The van der Waals surface area contributed by atoms with E-state index < -0.39 is 63.2 Å². The molecule has 1 unspecified atom stereocenters. The van der Waals surface area contributed by atoms with E-state index in [2.05, 4.69) is 35.1 Å². The second-order valence-electron chi connectivity index (χ2n) is 17.2. The Morgan fingerprint density at radius 1 is 0.962 bits per heavy atom. The quantitative estimate of drug-likeness (QED) is 0.188. The summed E-state index contributed by atoms with van der Waals surface area (Å²) in [6.07, 6.45) is 3.62. The van der Waals surface area contributed by atoms with Crippen LogP contribution in [0.3, 0.4) is 0 Å². The first kappa shape index (κ1) is 40.7. The van der Waals surface area contributed by atoms with Crippen LogP contribution in [-0.2, 0) is 42.0 Å². The lowest BCUT2D eigenvalue weighted by Crippen LogP contribution is -2.62. The lowest BCUT2D eigenvalue weighted by atomic mass is 9.86. The van der Waals surface area contributed by atoms with Crippen LogP contribution in [0.2, 0.25) is 0 Å². The molecule has 53 heavy (non-hydrogen) atoms. The highest BCUT2D eigenvalue weighted by Crippen LogP contribution is 2.65. The predicted molar refractivity (Wildman–Crippen MR) is 202 cm³/mol. The standard InChI is InChI=1S/C39H60N6O7S/c1-9-14-28(33(46)35(48)40-26-17-18-26)41-34(47)32-30-27(39(30,7)8)21-45(32)36(49)31(25-19-23-15-12-13-16-24(23)20-25)43-37(50)42-29(38(4,5)6)22-44(10-2)53(51,52)11-3/h12-13,15-16,25-32H,9-11,14,17-22H2,1-8H3,(H,40,48)(H,41,47)(H2,42,43,50)/t27-,28?,29+,30-,31-,32-/m0/s1. The second-order valence-corrected chi connectivity index (χ2v) is 19.4. The summed E-state index contributed by atoms with van der Waals surface area (Å²) in [5, 5.41) is 11.6. The molecule has 0 radical (unpaired) electrons. The summed E-state index contributed by atoms with van der Waals surface area (Å²) in [5.74, 6) is -2.67. The smallest absolute Gasteiger partial charge is 0.315 e. The SMILES string of the molecule is CCCC(NC(=O)[C@@H]1[C@@H]2[C@H](CN1C(=O)[C@@H](NC(=O)N[C@H](CN(CC)S(=O)(=O)CC)C(C)(C)C)C1Cc3ccccc3C1)C2(C)C)C(=O)C(=O)NC1CC1. The molecule has 1 heterocycles. The number of hydrogen-bond acceptors (Lipinski definition) is 7. The monoisotopic (exact) mass is 756 g/mol. The molecule has 4 aliphatic rings. The van der Waals surface area contributed by atoms with E-state index in [0.717, 1.165) is 24.0 Å². The molecule has 4 N–H and O–H groups in total. The number of sulfonamides is 1. The first-order valence-electron chi connectivity index (χ1n) is 19.4. The third-order valence-electron chi connectivity index (χ3n) is 12.1. The number of hydrogen-bond donors (Lipinski definition) is 4. The molecule has 3 aliphatic carbocycles. The Hall–Kier alpha value is -3.52. The highest BCUT2D eigenvalue weighted by atomic mass is 32.2. The fourth-order valence-electron chi connectivity index (χ4n) is 8.36. The molecule has 294 valence electrons. The number of likely N-dealkylation sites (N-methyl/N-ethyl adjacent to an activating group) is 1. The Kier molecular flexibility index (Phi) is 12.0. The summed E-state index contributed by atoms with van der Waals surface area (Å²) >= 11 is 0. The minimum Gasteiger partial charge on any atom is -0.347 e. The van der Waals surface area contributed by atoms with Gasteiger partial charge >= 0.3 is 6.03 Å². The van der Waals surface area contributed by atoms with Crippen molar-refractivity contribution in [2.45, 2.75) is 124 Å². The van der Waals surface area contributed by atoms with Gasteiger partial charge in [-0.05, 0) is 78.7 Å². The third kappa shape index (κ3) is 8.90. The normalized spacial score (nSPS) is 23.7. The fourth-order valence-corrected chi connectivity index (χ4v) is 9.50. The summed E-state index contributed by atoms with van der Waals surface area (Å²) in [5.41, 5.74) is 1.46. The summed E-state index contributed by atoms with van der Waals surface area (Å²) in [4.78, 5) is 70.6. The number of rotatable bonds is 16. The lowest BCUT2D eigenvalue weighted by Gasteiger charge is -2.37. The second kappa shape index (κ2) is 15.7. The lowest BCUT2D eigenvalue weighted by molar-refractivity contribution is -0.144. The first-order chi connectivity index (χ1) is 24.8. The van der Waals surface area contributed by atoms with Crippen LogP contribution < -0.4 is 21.3 Å². The molecule has 0 aromatic heterocycles. The zero-order valence-corrected chi connectivity index (χ0v) is 33.5. The summed E-state index contributed by atoms with van der Waals surface area (Å²) in [6, 6.07) is 3.89. The van der Waals surface area contributed by atoms with E-state index in [1.807, 2.05) is 52.0 Å². The molecule has 0 bridgehead atoms. The van der Waals surface area contributed by atoms with E-state index in [1.165, 1.54) is 4.31 Å². The van der Waals surface area contributed by atoms with Crippen LogP contribution in [0.15, 0.2) is 24.3 Å². The highest BCUT2D eigenvalue weighted by molar-refractivity contribution is 7.89. The van der Waals surface area contributed by atoms with E-state index in [-0.39, 0.29) is 60.4 Å². The maximum Gasteiger partial charge on any atom is 0.315 e. The van der Waals surface area contributed by atoms with Gasteiger partial charge in [0.2, 0.25) is 27.6 Å². The van der Waals surface area contributed by atoms with Crippen molar-refractivity contribution in [1.82, 2.24) is 30.5 Å². The van der Waals surface area contributed by atoms with Crippen molar-refractivity contribution in [2.24, 2.45) is 28.6 Å². The van der Waals surface area contributed by atoms with Crippen molar-refractivity contribution < 1.29 is 32.4 Å². The Balaban J connectivity index is 1.39. The molecule has 0 spiro atoms. The van der Waals surface area contributed by atoms with Crippen molar-refractivity contribution >= 4 is 39.6 Å². The maximum absolute atomic E-state index is 14.9. The Morgan fingerprint density at radius 3 is 2.11 bits per heavy atom. The molecule has 2 saturated carbocycles. The summed E-state index contributed by atoms with van der Waals surface area (Å²) < 4.78 is 27.0. The molecule has 13 nitrogen and oxygen atoms in total. The first-order valence-corrected chi connectivity index (χ1v) is 21.0. The van der Waals surface area contributed by atoms with Crippen LogP contribution >= 0.6 is 0 Å². The Morgan fingerprint density at radius 2 is 1.58 bits per heavy atom. The largest absolute Gasteiger partial charge is 0.347 e. The average Bonchev–Trinajstić information content (AvgIpc) is 3.85. The number of carbonyl (C=O) groups excluding carboxylic acids is 5. The molecule has 1 saturated heterocycles. The van der Waals surface area contributed by atoms with E-state index in [0.29, 0.717) is 25.8 Å². The number of likely N-dealkylation sites (tertiary alicyclic amines) is 1. The molecule has 5 amide bonds. The van der Waals surface area contributed by atoms with Gasteiger partial charge in [-0.1, -0.05) is 79.2 Å². The Bertz CT molecular complexity index is 1660. The van der Waals surface area contributed by atoms with Crippen LogP contribution in [0.5, 0.6) is 0 Å². The average molecular weight is 757 g/mol. The molecule has 5 rings (SSSR count). The number of Topliss-reactive ketones (excluding diaryl/α,β-unsaturated/α-hetero) is 1. The van der Waals surface area contributed by atoms with Crippen molar-refractivity contribution in [2.75, 3.05) is 25.4 Å². The van der Waals surface area contributed by atoms with Crippen LogP contribution in [0.1, 0.15) is 92.2 Å². The van der Waals surface area contributed by atoms with E-state index in [1.54, 1.807) is 18.7 Å². The molecule has 1 aliphatic heterocycles. The van der Waals surface area contributed by atoms with Crippen LogP contribution in [0.25, 0.3) is 0 Å². The van der Waals surface area contributed by atoms with Gasteiger partial charge in [-0.15, -0.1) is 0 Å². The van der Waals surface area contributed by atoms with Gasteiger partial charge < -0.3 is 26.2 Å². The number of ketones is 1. The predicted octanol–water partition coefficient (Wildman–Crippen LogP) is 2.77. The van der Waals surface area contributed by atoms with Gasteiger partial charge in [0.05, 0.1) is 11.8 Å². The van der Waals surface area contributed by atoms with Crippen molar-refractivity contribution in [1.29, 1.82) is 0 Å². The van der Waals surface area contributed by atoms with Crippen LogP contribution in [0, 0.1) is 28.6 Å². The van der Waals surface area contributed by atoms with Crippen LogP contribution in [-0.4, -0.2) is 103 Å². The molecular formula is C39H60N6O7S.